The van der Waals surface area contributed by atoms with Gasteiger partial charge >= 0.3 is 0 Å². The molecule has 0 aliphatic carbocycles. The van der Waals surface area contributed by atoms with Gasteiger partial charge in [0.1, 0.15) is 0 Å². The Morgan fingerprint density at radius 2 is 1.67 bits per heavy atom. The highest BCUT2D eigenvalue weighted by molar-refractivity contribution is 7.95. The summed E-state index contributed by atoms with van der Waals surface area (Å²) < 4.78 is 6.38. The number of fused-ring (bicyclic) bond motifs is 1. The predicted molar refractivity (Wildman–Crippen MR) is 122 cm³/mol. The summed E-state index contributed by atoms with van der Waals surface area (Å²) in [4.78, 5) is 1.13. The molecule has 1 aromatic carbocycles. The van der Waals surface area contributed by atoms with Gasteiger partial charge in [-0.05, 0) is 31.1 Å². The molecule has 1 aliphatic rings. The van der Waals surface area contributed by atoms with Gasteiger partial charge in [-0.1, -0.05) is 106 Å². The molecule has 0 fully saturated rings. The van der Waals surface area contributed by atoms with E-state index in [1.165, 1.54) is 12.0 Å². The van der Waals surface area contributed by atoms with Crippen molar-refractivity contribution in [2.24, 2.45) is 0 Å². The van der Waals surface area contributed by atoms with Crippen molar-refractivity contribution in [1.29, 1.82) is 0 Å². The third-order valence-electron chi connectivity index (χ3n) is 3.94. The molecule has 1 unspecified atom stereocenters. The Morgan fingerprint density at radius 3 is 2.30 bits per heavy atom. The van der Waals surface area contributed by atoms with E-state index in [4.69, 9.17) is 4.18 Å². The lowest BCUT2D eigenvalue weighted by Gasteiger charge is -2.31. The van der Waals surface area contributed by atoms with Gasteiger partial charge < -0.3 is 0 Å². The van der Waals surface area contributed by atoms with Crippen molar-refractivity contribution in [3.63, 3.8) is 0 Å². The molecule has 1 atom stereocenters. The Morgan fingerprint density at radius 1 is 0.963 bits per heavy atom. The van der Waals surface area contributed by atoms with Crippen LogP contribution in [0.1, 0.15) is 33.3 Å². The molecule has 2 rings (SSSR count). The summed E-state index contributed by atoms with van der Waals surface area (Å²) >= 11 is 1.42. The van der Waals surface area contributed by atoms with E-state index in [2.05, 4.69) is 49.6 Å². The lowest BCUT2D eigenvalue weighted by Crippen LogP contribution is -2.29. The molecule has 0 saturated carbocycles. The average molecular weight is 379 g/mol. The van der Waals surface area contributed by atoms with E-state index in [9.17, 15) is 0 Å². The highest BCUT2D eigenvalue weighted by Crippen LogP contribution is 2.54. The third kappa shape index (κ3) is 5.12. The first-order valence-corrected chi connectivity index (χ1v) is 10.0. The van der Waals surface area contributed by atoms with E-state index >= 15 is 0 Å². The molecule has 27 heavy (non-hydrogen) atoms. The summed E-state index contributed by atoms with van der Waals surface area (Å²) in [5.74, 6) is 0. The zero-order valence-electron chi connectivity index (χ0n) is 16.8. The fourth-order valence-corrected chi connectivity index (χ4v) is 3.77. The lowest BCUT2D eigenvalue weighted by atomic mass is 9.78. The summed E-state index contributed by atoms with van der Waals surface area (Å²) in [6.45, 7) is 15.7. The minimum atomic E-state index is -0.679. The van der Waals surface area contributed by atoms with Crippen molar-refractivity contribution in [1.82, 2.24) is 0 Å². The molecule has 142 valence electrons. The molecule has 0 spiro atoms. The first kappa shape index (κ1) is 22.8. The van der Waals surface area contributed by atoms with Crippen LogP contribution < -0.4 is 0 Å². The quantitative estimate of drug-likeness (QED) is 0.352. The zero-order valence-corrected chi connectivity index (χ0v) is 17.6. The first-order valence-electron chi connectivity index (χ1n) is 9.28. The van der Waals surface area contributed by atoms with Crippen molar-refractivity contribution in [2.45, 2.75) is 38.2 Å². The van der Waals surface area contributed by atoms with Crippen LogP contribution in [0.3, 0.4) is 0 Å². The molecule has 0 amide bonds. The Kier molecular flexibility index (Phi) is 10.2. The molecule has 0 bridgehead atoms. The van der Waals surface area contributed by atoms with Crippen LogP contribution in [-0.4, -0.2) is 0 Å². The molecule has 0 N–H and O–H groups in total. The van der Waals surface area contributed by atoms with Gasteiger partial charge in [-0.25, -0.2) is 0 Å². The van der Waals surface area contributed by atoms with E-state index in [1.54, 1.807) is 12.2 Å². The van der Waals surface area contributed by atoms with Crippen LogP contribution in [0, 0.1) is 0 Å². The zero-order chi connectivity index (χ0) is 20.1. The fourth-order valence-electron chi connectivity index (χ4n) is 2.83. The van der Waals surface area contributed by atoms with Crippen molar-refractivity contribution in [3.8, 4) is 0 Å². The first-order chi connectivity index (χ1) is 13.2. The Labute approximate surface area is 169 Å². The van der Waals surface area contributed by atoms with E-state index < -0.39 is 5.60 Å². The second-order valence-electron chi connectivity index (χ2n) is 5.43. The van der Waals surface area contributed by atoms with Gasteiger partial charge in [0, 0.05) is 22.5 Å². The van der Waals surface area contributed by atoms with Crippen LogP contribution in [-0.2, 0) is 9.78 Å². The van der Waals surface area contributed by atoms with Crippen LogP contribution in [0.25, 0.3) is 0 Å². The van der Waals surface area contributed by atoms with E-state index in [-0.39, 0.29) is 0 Å². The van der Waals surface area contributed by atoms with Crippen molar-refractivity contribution in [2.75, 3.05) is 0 Å². The van der Waals surface area contributed by atoms with Gasteiger partial charge in [0.2, 0.25) is 0 Å². The summed E-state index contributed by atoms with van der Waals surface area (Å²) in [6, 6.07) is 8.30. The van der Waals surface area contributed by atoms with Crippen LogP contribution in [0.5, 0.6) is 0 Å². The van der Waals surface area contributed by atoms with Gasteiger partial charge in [-0.3, -0.25) is 4.18 Å². The van der Waals surface area contributed by atoms with Crippen LogP contribution in [0.15, 0.2) is 114 Å². The number of allylic oxidation sites excluding steroid dienone is 8. The molecule has 1 aromatic rings. The molecule has 1 nitrogen and oxygen atoms in total. The topological polar surface area (TPSA) is 9.23 Å². The predicted octanol–water partition coefficient (Wildman–Crippen LogP) is 7.88. The largest absolute Gasteiger partial charge is 0.289 e. The monoisotopic (exact) mass is 378 g/mol. The SMILES string of the molecule is C=C/C=C\C(=C/C)C1(C(/C=C\C=C/C)=C/C=C)OSc2ccccc21.CC. The van der Waals surface area contributed by atoms with Crippen molar-refractivity contribution in [3.05, 3.63) is 115 Å². The minimum absolute atomic E-state index is 0.679. The van der Waals surface area contributed by atoms with E-state index in [0.717, 1.165) is 21.6 Å². The summed E-state index contributed by atoms with van der Waals surface area (Å²) in [5.41, 5.74) is 2.55. The van der Waals surface area contributed by atoms with Gasteiger partial charge in [-0.2, -0.15) is 0 Å². The Balaban J connectivity index is 0.00000176. The van der Waals surface area contributed by atoms with Crippen LogP contribution in [0.4, 0.5) is 0 Å². The average Bonchev–Trinajstić information content (AvgIpc) is 3.10. The smallest absolute Gasteiger partial charge is 0.159 e. The number of hydrogen-bond donors (Lipinski definition) is 0. The molecular formula is C25H30OS. The minimum Gasteiger partial charge on any atom is -0.289 e. The normalized spacial score (nSPS) is 20.0. The van der Waals surface area contributed by atoms with Gasteiger partial charge in [0.05, 0.1) is 0 Å². The number of benzene rings is 1. The van der Waals surface area contributed by atoms with E-state index in [1.807, 2.05) is 64.1 Å². The summed E-state index contributed by atoms with van der Waals surface area (Å²) in [5, 5.41) is 0. The maximum Gasteiger partial charge on any atom is 0.159 e. The molecule has 2 heteroatoms. The Hall–Kier alpha value is -2.29. The molecular weight excluding hydrogens is 348 g/mol. The standard InChI is InChI=1S/C23H24OS.C2H6/c1-5-9-11-16-20(14-7-3)23(19(8-4)15-10-6-2)21-17-12-13-18-22(21)25-24-23;1-2/h5-18H,2-3H2,1,4H3;1-2H3/b9-5-,15-10-,16-11-,19-8+,20-14+;. The fraction of sp³-hybridized carbons (Fsp3) is 0.200. The lowest BCUT2D eigenvalue weighted by molar-refractivity contribution is 0.203. The van der Waals surface area contributed by atoms with Crippen LogP contribution >= 0.6 is 12.0 Å². The number of hydrogen-bond acceptors (Lipinski definition) is 2. The summed E-state index contributed by atoms with van der Waals surface area (Å²) in [7, 11) is 0. The maximum absolute atomic E-state index is 6.38. The number of rotatable bonds is 7. The molecule has 0 aromatic heterocycles. The molecule has 1 aliphatic heterocycles. The van der Waals surface area contributed by atoms with Crippen LogP contribution in [0.2, 0.25) is 0 Å². The Bertz CT molecular complexity index is 777. The highest BCUT2D eigenvalue weighted by atomic mass is 32.2. The van der Waals surface area contributed by atoms with Gasteiger partial charge in [0.25, 0.3) is 0 Å². The summed E-state index contributed by atoms with van der Waals surface area (Å²) in [6.07, 6.45) is 19.8. The maximum atomic E-state index is 6.38. The van der Waals surface area contributed by atoms with Crippen molar-refractivity contribution < 1.29 is 4.18 Å². The van der Waals surface area contributed by atoms with Gasteiger partial charge in [0.15, 0.2) is 5.60 Å². The molecule has 0 saturated heterocycles. The second kappa shape index (κ2) is 12.2. The second-order valence-corrected chi connectivity index (χ2v) is 6.20. The van der Waals surface area contributed by atoms with Gasteiger partial charge in [-0.15, -0.1) is 0 Å². The molecule has 1 heterocycles. The molecule has 0 radical (unpaired) electrons. The van der Waals surface area contributed by atoms with Crippen molar-refractivity contribution >= 4 is 12.0 Å². The van der Waals surface area contributed by atoms with E-state index in [0.29, 0.717) is 0 Å². The highest BCUT2D eigenvalue weighted by Gasteiger charge is 2.45. The third-order valence-corrected chi connectivity index (χ3v) is 4.80.